The number of carbonyl (C=O) groups excluding carboxylic acids is 2. The summed E-state index contributed by atoms with van der Waals surface area (Å²) in [7, 11) is 0. The molecular formula is C14H18N2O4. The lowest BCUT2D eigenvalue weighted by Gasteiger charge is -2.12. The summed E-state index contributed by atoms with van der Waals surface area (Å²) in [4.78, 5) is 23.0. The first-order chi connectivity index (χ1) is 9.62. The lowest BCUT2D eigenvalue weighted by atomic mass is 10.2. The minimum absolute atomic E-state index is 0.138. The van der Waals surface area contributed by atoms with Crippen molar-refractivity contribution < 1.29 is 19.1 Å². The number of ether oxygens (including phenoxy) is 2. The summed E-state index contributed by atoms with van der Waals surface area (Å²) in [6, 6.07) is 4.62. The topological polar surface area (TPSA) is 90.6 Å². The van der Waals surface area contributed by atoms with Crippen LogP contribution in [0.25, 0.3) is 0 Å². The summed E-state index contributed by atoms with van der Waals surface area (Å²) in [6.45, 7) is 5.67. The fourth-order valence-corrected chi connectivity index (χ4v) is 1.44. The quantitative estimate of drug-likeness (QED) is 0.580. The van der Waals surface area contributed by atoms with Crippen molar-refractivity contribution in [2.45, 2.75) is 6.92 Å². The molecule has 6 nitrogen and oxygen atoms in total. The molecule has 1 aromatic carbocycles. The molecule has 0 spiro atoms. The van der Waals surface area contributed by atoms with Gasteiger partial charge in [0.2, 0.25) is 5.91 Å². The molecule has 0 aliphatic carbocycles. The van der Waals surface area contributed by atoms with Crippen LogP contribution >= 0.6 is 0 Å². The Bertz CT molecular complexity index is 500. The third kappa shape index (κ3) is 4.40. The van der Waals surface area contributed by atoms with Gasteiger partial charge in [-0.25, -0.2) is 4.79 Å². The predicted molar refractivity (Wildman–Crippen MR) is 75.8 cm³/mol. The molecule has 0 saturated heterocycles. The molecule has 0 atom stereocenters. The molecule has 0 bridgehead atoms. The number of amides is 1. The first kappa shape index (κ1) is 15.7. The number of nitrogens with two attached hydrogens (primary N) is 1. The van der Waals surface area contributed by atoms with Crippen LogP contribution < -0.4 is 15.8 Å². The second-order valence-corrected chi connectivity index (χ2v) is 3.78. The molecule has 0 heterocycles. The van der Waals surface area contributed by atoms with Gasteiger partial charge in [0.1, 0.15) is 12.4 Å². The van der Waals surface area contributed by atoms with Crippen LogP contribution in [0.4, 0.5) is 5.69 Å². The number of benzene rings is 1. The van der Waals surface area contributed by atoms with Gasteiger partial charge in [-0.15, -0.1) is 0 Å². The summed E-state index contributed by atoms with van der Waals surface area (Å²) in [5.41, 5.74) is 6.03. The van der Waals surface area contributed by atoms with Crippen LogP contribution in [0.5, 0.6) is 5.75 Å². The van der Waals surface area contributed by atoms with E-state index in [1.807, 2.05) is 0 Å². The lowest BCUT2D eigenvalue weighted by molar-refractivity contribution is -0.114. The Morgan fingerprint density at radius 1 is 1.45 bits per heavy atom. The van der Waals surface area contributed by atoms with Crippen molar-refractivity contribution in [1.82, 2.24) is 0 Å². The van der Waals surface area contributed by atoms with Gasteiger partial charge in [-0.05, 0) is 25.1 Å². The highest BCUT2D eigenvalue weighted by Gasteiger charge is 2.12. The molecule has 0 aromatic heterocycles. The number of rotatable bonds is 7. The van der Waals surface area contributed by atoms with E-state index in [0.29, 0.717) is 17.0 Å². The lowest BCUT2D eigenvalue weighted by Crippen LogP contribution is -2.22. The van der Waals surface area contributed by atoms with Gasteiger partial charge < -0.3 is 20.5 Å². The first-order valence-electron chi connectivity index (χ1n) is 6.17. The Morgan fingerprint density at radius 3 is 2.80 bits per heavy atom. The molecule has 1 amide bonds. The molecule has 0 aliphatic rings. The average molecular weight is 278 g/mol. The van der Waals surface area contributed by atoms with Crippen molar-refractivity contribution in [2.75, 3.05) is 25.1 Å². The standard InChI is InChI=1S/C14H18N2O4/c1-3-7-20-12-8-10(14(18)19-4-2)5-6-11(12)16-13(17)9-15/h3,5-6,8H,1,4,7,9,15H2,2H3,(H,16,17). The van der Waals surface area contributed by atoms with E-state index < -0.39 is 5.97 Å². The van der Waals surface area contributed by atoms with E-state index in [0.717, 1.165) is 0 Å². The van der Waals surface area contributed by atoms with Gasteiger partial charge in [-0.2, -0.15) is 0 Å². The molecule has 0 aliphatic heterocycles. The Labute approximate surface area is 117 Å². The molecule has 0 saturated carbocycles. The van der Waals surface area contributed by atoms with E-state index in [9.17, 15) is 9.59 Å². The summed E-state index contributed by atoms with van der Waals surface area (Å²) >= 11 is 0. The molecule has 0 unspecified atom stereocenters. The molecule has 0 fully saturated rings. The summed E-state index contributed by atoms with van der Waals surface area (Å²) in [6.07, 6.45) is 1.56. The zero-order chi connectivity index (χ0) is 15.0. The third-order valence-electron chi connectivity index (χ3n) is 2.31. The van der Waals surface area contributed by atoms with Gasteiger partial charge in [0, 0.05) is 0 Å². The van der Waals surface area contributed by atoms with E-state index in [1.165, 1.54) is 6.07 Å². The highest BCUT2D eigenvalue weighted by molar-refractivity contribution is 5.95. The van der Waals surface area contributed by atoms with Gasteiger partial charge in [0.05, 0.1) is 24.4 Å². The van der Waals surface area contributed by atoms with Gasteiger partial charge in [-0.3, -0.25) is 4.79 Å². The Morgan fingerprint density at radius 2 is 2.20 bits per heavy atom. The maximum absolute atomic E-state index is 11.7. The second kappa shape index (κ2) is 7.96. The molecule has 1 rings (SSSR count). The van der Waals surface area contributed by atoms with Crippen molar-refractivity contribution in [3.8, 4) is 5.75 Å². The zero-order valence-electron chi connectivity index (χ0n) is 11.3. The van der Waals surface area contributed by atoms with E-state index in [4.69, 9.17) is 15.2 Å². The van der Waals surface area contributed by atoms with Gasteiger partial charge in [0.25, 0.3) is 0 Å². The molecule has 108 valence electrons. The fraction of sp³-hybridized carbons (Fsp3) is 0.286. The normalized spacial score (nSPS) is 9.70. The maximum atomic E-state index is 11.7. The Balaban J connectivity index is 3.01. The smallest absolute Gasteiger partial charge is 0.338 e. The second-order valence-electron chi connectivity index (χ2n) is 3.78. The SMILES string of the molecule is C=CCOc1cc(C(=O)OCC)ccc1NC(=O)CN. The predicted octanol–water partition coefficient (Wildman–Crippen LogP) is 1.33. The number of hydrogen-bond acceptors (Lipinski definition) is 5. The molecule has 3 N–H and O–H groups in total. The van der Waals surface area contributed by atoms with Crippen LogP contribution in [0.2, 0.25) is 0 Å². The molecule has 0 radical (unpaired) electrons. The van der Waals surface area contributed by atoms with E-state index in [-0.39, 0.29) is 25.7 Å². The van der Waals surface area contributed by atoms with Crippen molar-refractivity contribution in [2.24, 2.45) is 5.73 Å². The van der Waals surface area contributed by atoms with Gasteiger partial charge in [0.15, 0.2) is 0 Å². The molecular weight excluding hydrogens is 260 g/mol. The minimum atomic E-state index is -0.451. The van der Waals surface area contributed by atoms with E-state index in [2.05, 4.69) is 11.9 Å². The summed E-state index contributed by atoms with van der Waals surface area (Å²) in [5, 5.41) is 2.59. The van der Waals surface area contributed by atoms with Gasteiger partial charge >= 0.3 is 5.97 Å². The monoisotopic (exact) mass is 278 g/mol. The summed E-state index contributed by atoms with van der Waals surface area (Å²) < 4.78 is 10.3. The zero-order valence-corrected chi connectivity index (χ0v) is 11.3. The van der Waals surface area contributed by atoms with Crippen LogP contribution in [-0.4, -0.2) is 31.6 Å². The van der Waals surface area contributed by atoms with Crippen LogP contribution in [0.15, 0.2) is 30.9 Å². The Hall–Kier alpha value is -2.34. The molecule has 1 aromatic rings. The van der Waals surface area contributed by atoms with Crippen molar-refractivity contribution in [3.63, 3.8) is 0 Å². The van der Waals surface area contributed by atoms with E-state index in [1.54, 1.807) is 25.1 Å². The number of anilines is 1. The number of carbonyl (C=O) groups is 2. The van der Waals surface area contributed by atoms with Crippen molar-refractivity contribution in [3.05, 3.63) is 36.4 Å². The number of esters is 1. The Kier molecular flexibility index (Phi) is 6.25. The fourth-order valence-electron chi connectivity index (χ4n) is 1.44. The van der Waals surface area contributed by atoms with Crippen LogP contribution in [-0.2, 0) is 9.53 Å². The highest BCUT2D eigenvalue weighted by atomic mass is 16.5. The summed E-state index contributed by atoms with van der Waals surface area (Å²) in [5.74, 6) is -0.442. The third-order valence-corrected chi connectivity index (χ3v) is 2.31. The molecule has 6 heteroatoms. The van der Waals surface area contributed by atoms with E-state index >= 15 is 0 Å². The highest BCUT2D eigenvalue weighted by Crippen LogP contribution is 2.26. The number of nitrogens with one attached hydrogen (secondary N) is 1. The van der Waals surface area contributed by atoms with Crippen LogP contribution in [0.3, 0.4) is 0 Å². The van der Waals surface area contributed by atoms with Crippen LogP contribution in [0.1, 0.15) is 17.3 Å². The largest absolute Gasteiger partial charge is 0.487 e. The molecule has 20 heavy (non-hydrogen) atoms. The maximum Gasteiger partial charge on any atom is 0.338 e. The minimum Gasteiger partial charge on any atom is -0.487 e. The van der Waals surface area contributed by atoms with Gasteiger partial charge in [-0.1, -0.05) is 12.7 Å². The average Bonchev–Trinajstić information content (AvgIpc) is 2.46. The first-order valence-corrected chi connectivity index (χ1v) is 6.17. The number of hydrogen-bond donors (Lipinski definition) is 2. The van der Waals surface area contributed by atoms with Crippen molar-refractivity contribution in [1.29, 1.82) is 0 Å². The van der Waals surface area contributed by atoms with Crippen LogP contribution in [0, 0.1) is 0 Å². The van der Waals surface area contributed by atoms with Crippen molar-refractivity contribution >= 4 is 17.6 Å².